The molecule has 4 nitrogen and oxygen atoms in total. The zero-order valence-corrected chi connectivity index (χ0v) is 27.6. The molecule has 4 N–H and O–H groups in total. The van der Waals surface area contributed by atoms with E-state index < -0.39 is 0 Å². The van der Waals surface area contributed by atoms with Crippen LogP contribution in [0.25, 0.3) is 0 Å². The van der Waals surface area contributed by atoms with Gasteiger partial charge in [0.25, 0.3) is 0 Å². The maximum atomic E-state index is 7.01. The highest BCUT2D eigenvalue weighted by molar-refractivity contribution is 5.42. The van der Waals surface area contributed by atoms with Gasteiger partial charge < -0.3 is 20.9 Å². The monoisotopic (exact) mass is 586 g/mol. The average Bonchev–Trinajstić information content (AvgIpc) is 3.33. The van der Waals surface area contributed by atoms with Crippen molar-refractivity contribution in [2.45, 2.75) is 117 Å². The summed E-state index contributed by atoms with van der Waals surface area (Å²) >= 11 is 0. The van der Waals surface area contributed by atoms with E-state index in [4.69, 9.17) is 20.9 Å². The molecule has 0 amide bonds. The number of hydrogen-bond donors (Lipinski definition) is 2. The van der Waals surface area contributed by atoms with Gasteiger partial charge >= 0.3 is 0 Å². The van der Waals surface area contributed by atoms with Crippen LogP contribution in [0.15, 0.2) is 48.5 Å². The third kappa shape index (κ3) is 6.01. The zero-order valence-electron chi connectivity index (χ0n) is 27.6. The van der Waals surface area contributed by atoms with Gasteiger partial charge in [-0.3, -0.25) is 0 Å². The number of anilines is 2. The second-order valence-corrected chi connectivity index (χ2v) is 16.1. The van der Waals surface area contributed by atoms with Gasteiger partial charge in [0.2, 0.25) is 0 Å². The number of nitrogen functional groups attached to an aromatic ring is 2. The van der Waals surface area contributed by atoms with E-state index in [1.165, 1.54) is 57.8 Å². The van der Waals surface area contributed by atoms with Gasteiger partial charge in [0, 0.05) is 17.3 Å². The summed E-state index contributed by atoms with van der Waals surface area (Å²) in [4.78, 5) is 0. The lowest BCUT2D eigenvalue weighted by Gasteiger charge is -2.63. The Labute approximate surface area is 261 Å². The van der Waals surface area contributed by atoms with Crippen LogP contribution in [0.3, 0.4) is 0 Å². The van der Waals surface area contributed by atoms with Gasteiger partial charge in [-0.05, 0) is 146 Å². The van der Waals surface area contributed by atoms with Gasteiger partial charge in [-0.2, -0.15) is 0 Å². The standard InChI is InChI=1S/C39H58N2O2/c1-25(2)7-6-8-26(3)33-17-18-34-32-24-37(43-30-15-11-28(41)12-16-30)36-23-31(42-29-13-9-27(40)10-14-29)19-21-39(36,5)35(32)20-22-38(33,34)4/h9-16,25-26,31-37H,6-8,17-24,40-41H2,1-5H3/t26-,31?,32+,33-,34+,35+,36?,37?,38-,39-/m1/s1. The number of hydrogen-bond acceptors (Lipinski definition) is 4. The smallest absolute Gasteiger partial charge is 0.119 e. The maximum absolute atomic E-state index is 7.01. The molecule has 0 spiro atoms. The molecule has 0 bridgehead atoms. The summed E-state index contributed by atoms with van der Waals surface area (Å²) in [5, 5.41) is 0. The number of rotatable bonds is 9. The quantitative estimate of drug-likeness (QED) is 0.287. The van der Waals surface area contributed by atoms with Gasteiger partial charge in [0.1, 0.15) is 17.6 Å². The number of fused-ring (bicyclic) bond motifs is 5. The highest BCUT2D eigenvalue weighted by Gasteiger charge is 2.63. The van der Waals surface area contributed by atoms with Crippen LogP contribution in [0, 0.1) is 52.3 Å². The molecule has 0 aliphatic heterocycles. The number of nitrogens with two attached hydrogens (primary N) is 2. The molecule has 4 aliphatic rings. The topological polar surface area (TPSA) is 70.5 Å². The van der Waals surface area contributed by atoms with Crippen LogP contribution in [0.2, 0.25) is 0 Å². The molecule has 3 unspecified atom stereocenters. The molecule has 4 fully saturated rings. The first kappa shape index (κ1) is 30.7. The van der Waals surface area contributed by atoms with Gasteiger partial charge in [0.05, 0.1) is 6.10 Å². The van der Waals surface area contributed by atoms with Crippen LogP contribution >= 0.6 is 0 Å². The van der Waals surface area contributed by atoms with E-state index in [0.29, 0.717) is 11.3 Å². The van der Waals surface area contributed by atoms with Crippen LogP contribution in [-0.2, 0) is 0 Å². The van der Waals surface area contributed by atoms with Crippen molar-refractivity contribution in [1.82, 2.24) is 0 Å². The summed E-state index contributed by atoms with van der Waals surface area (Å²) in [5.41, 5.74) is 14.3. The average molecular weight is 587 g/mol. The fourth-order valence-electron chi connectivity index (χ4n) is 11.0. The van der Waals surface area contributed by atoms with E-state index in [9.17, 15) is 0 Å². The van der Waals surface area contributed by atoms with E-state index in [2.05, 4.69) is 46.8 Å². The first-order chi connectivity index (χ1) is 20.6. The Morgan fingerprint density at radius 3 is 1.95 bits per heavy atom. The summed E-state index contributed by atoms with van der Waals surface area (Å²) in [7, 11) is 0. The van der Waals surface area contributed by atoms with E-state index in [1.54, 1.807) is 0 Å². The van der Waals surface area contributed by atoms with Gasteiger partial charge in [-0.1, -0.05) is 53.9 Å². The molecule has 4 saturated carbocycles. The summed E-state index contributed by atoms with van der Waals surface area (Å²) in [6.45, 7) is 12.7. The third-order valence-electron chi connectivity index (χ3n) is 13.2. The molecule has 0 saturated heterocycles. The predicted molar refractivity (Wildman–Crippen MR) is 179 cm³/mol. The molecule has 43 heavy (non-hydrogen) atoms. The molecular weight excluding hydrogens is 528 g/mol. The molecule has 6 rings (SSSR count). The molecule has 236 valence electrons. The first-order valence-electron chi connectivity index (χ1n) is 17.6. The van der Waals surface area contributed by atoms with Crippen LogP contribution in [0.4, 0.5) is 11.4 Å². The van der Waals surface area contributed by atoms with Crippen molar-refractivity contribution < 1.29 is 9.47 Å². The lowest BCUT2D eigenvalue weighted by atomic mass is 9.43. The van der Waals surface area contributed by atoms with Gasteiger partial charge in [-0.25, -0.2) is 0 Å². The third-order valence-corrected chi connectivity index (χ3v) is 13.2. The van der Waals surface area contributed by atoms with Crippen molar-refractivity contribution >= 4 is 11.4 Å². The number of ether oxygens (including phenoxy) is 2. The van der Waals surface area contributed by atoms with Gasteiger partial charge in [0.15, 0.2) is 0 Å². The lowest BCUT2D eigenvalue weighted by molar-refractivity contribution is -0.164. The van der Waals surface area contributed by atoms with Crippen LogP contribution in [0.1, 0.15) is 105 Å². The van der Waals surface area contributed by atoms with Crippen molar-refractivity contribution in [2.24, 2.45) is 52.3 Å². The summed E-state index contributed by atoms with van der Waals surface area (Å²) in [6.07, 6.45) is 14.8. The van der Waals surface area contributed by atoms with Gasteiger partial charge in [-0.15, -0.1) is 0 Å². The molecular formula is C39H58N2O2. The summed E-state index contributed by atoms with van der Waals surface area (Å²) in [6, 6.07) is 16.0. The summed E-state index contributed by atoms with van der Waals surface area (Å²) in [5.74, 6) is 7.25. The second kappa shape index (κ2) is 12.2. The Balaban J connectivity index is 1.24. The molecule has 4 heteroatoms. The van der Waals surface area contributed by atoms with Crippen molar-refractivity contribution in [3.63, 3.8) is 0 Å². The Hall–Kier alpha value is -2.36. The van der Waals surface area contributed by atoms with Crippen LogP contribution in [0.5, 0.6) is 11.5 Å². The normalized spacial score (nSPS) is 37.7. The minimum atomic E-state index is 0.206. The van der Waals surface area contributed by atoms with Crippen molar-refractivity contribution in [3.05, 3.63) is 48.5 Å². The van der Waals surface area contributed by atoms with E-state index in [1.807, 2.05) is 36.4 Å². The minimum Gasteiger partial charge on any atom is -0.490 e. The number of benzene rings is 2. The fourth-order valence-corrected chi connectivity index (χ4v) is 11.0. The van der Waals surface area contributed by atoms with Crippen LogP contribution in [-0.4, -0.2) is 12.2 Å². The Bertz CT molecular complexity index is 1210. The van der Waals surface area contributed by atoms with Crippen LogP contribution < -0.4 is 20.9 Å². The first-order valence-corrected chi connectivity index (χ1v) is 17.6. The lowest BCUT2D eigenvalue weighted by Crippen LogP contribution is -2.59. The highest BCUT2D eigenvalue weighted by atomic mass is 16.5. The Morgan fingerprint density at radius 1 is 0.698 bits per heavy atom. The molecule has 0 aromatic heterocycles. The highest BCUT2D eigenvalue weighted by Crippen LogP contribution is 2.68. The molecule has 4 aliphatic carbocycles. The maximum Gasteiger partial charge on any atom is 0.119 e. The largest absolute Gasteiger partial charge is 0.490 e. The van der Waals surface area contributed by atoms with Crippen molar-refractivity contribution in [3.8, 4) is 11.5 Å². The fraction of sp³-hybridized carbons (Fsp3) is 0.692. The SMILES string of the molecule is CC(C)CCC[C@@H](C)[C@H]1CC[C@H]2[C@@H]3CC(Oc4ccc(N)cc4)C4CC(Oc5ccc(N)cc5)CC[C@]4(C)[C@H]3CC[C@]12C. The molecule has 10 atom stereocenters. The second-order valence-electron chi connectivity index (χ2n) is 16.1. The molecule has 2 aromatic rings. The minimum absolute atomic E-state index is 0.206. The zero-order chi connectivity index (χ0) is 30.4. The van der Waals surface area contributed by atoms with E-state index in [-0.39, 0.29) is 17.6 Å². The summed E-state index contributed by atoms with van der Waals surface area (Å²) < 4.78 is 13.6. The molecule has 0 heterocycles. The Kier molecular flexibility index (Phi) is 8.70. The van der Waals surface area contributed by atoms with Crippen molar-refractivity contribution in [1.29, 1.82) is 0 Å². The van der Waals surface area contributed by atoms with E-state index in [0.717, 1.165) is 71.2 Å². The molecule has 2 aromatic carbocycles. The van der Waals surface area contributed by atoms with Crippen molar-refractivity contribution in [2.75, 3.05) is 11.5 Å². The van der Waals surface area contributed by atoms with E-state index >= 15 is 0 Å². The Morgan fingerprint density at radius 2 is 1.30 bits per heavy atom. The predicted octanol–water partition coefficient (Wildman–Crippen LogP) is 9.78. The molecule has 0 radical (unpaired) electrons.